The number of anilines is 1. The number of hydrogen-bond donors (Lipinski definition) is 0. The van der Waals surface area contributed by atoms with E-state index in [0.29, 0.717) is 15.9 Å². The quantitative estimate of drug-likeness (QED) is 0.327. The molecule has 0 unspecified atom stereocenters. The van der Waals surface area contributed by atoms with Crippen molar-refractivity contribution in [2.45, 2.75) is 31.2 Å². The number of nitrogens with zero attached hydrogens (tertiary/aromatic N) is 2. The number of fused-ring (bicyclic) bond motifs is 1. The van der Waals surface area contributed by atoms with Crippen molar-refractivity contribution in [1.29, 1.82) is 0 Å². The lowest BCUT2D eigenvalue weighted by atomic mass is 10.2. The fourth-order valence-electron chi connectivity index (χ4n) is 3.23. The van der Waals surface area contributed by atoms with Crippen molar-refractivity contribution in [3.05, 3.63) is 77.2 Å². The normalized spacial score (nSPS) is 11.7. The van der Waals surface area contributed by atoms with E-state index in [1.54, 1.807) is 12.1 Å². The molecule has 2 aromatic carbocycles. The molecular formula is C23H21ClN2O4S2. The molecule has 0 aliphatic carbocycles. The van der Waals surface area contributed by atoms with Crippen molar-refractivity contribution >= 4 is 54.0 Å². The molecule has 0 radical (unpaired) electrons. The van der Waals surface area contributed by atoms with E-state index < -0.39 is 9.84 Å². The van der Waals surface area contributed by atoms with E-state index in [1.165, 1.54) is 52.3 Å². The van der Waals surface area contributed by atoms with E-state index in [0.717, 1.165) is 16.6 Å². The van der Waals surface area contributed by atoms with Gasteiger partial charge in [0.25, 0.3) is 0 Å². The monoisotopic (exact) mass is 488 g/mol. The molecule has 0 fully saturated rings. The first kappa shape index (κ1) is 22.5. The van der Waals surface area contributed by atoms with E-state index in [9.17, 15) is 13.2 Å². The maximum Gasteiger partial charge on any atom is 0.230 e. The number of aryl methyl sites for hydroxylation is 1. The predicted molar refractivity (Wildman–Crippen MR) is 127 cm³/mol. The third-order valence-corrected chi connectivity index (χ3v) is 8.06. The Kier molecular flexibility index (Phi) is 6.64. The lowest BCUT2D eigenvalue weighted by molar-refractivity contribution is -0.118. The Bertz CT molecular complexity index is 1330. The fraction of sp³-hybridized carbons (Fsp3) is 0.217. The molecule has 4 aromatic rings. The number of thiazole rings is 1. The molecule has 2 heterocycles. The molecule has 0 bridgehead atoms. The van der Waals surface area contributed by atoms with Gasteiger partial charge in [-0.15, -0.1) is 0 Å². The summed E-state index contributed by atoms with van der Waals surface area (Å²) in [5.41, 5.74) is 1.99. The lowest BCUT2D eigenvalue weighted by Gasteiger charge is -2.18. The number of hydrogen-bond acceptors (Lipinski definition) is 6. The standard InChI is InChI=1S/C23H21ClN2O4S2/c1-2-16-5-10-20-21(14-16)31-23(25-20)26(15-18-4-3-12-30-18)22(27)11-13-32(28,29)19-8-6-17(24)7-9-19/h3-10,12,14H,2,11,13,15H2,1H3. The summed E-state index contributed by atoms with van der Waals surface area (Å²) in [5.74, 6) is -0.0615. The lowest BCUT2D eigenvalue weighted by Crippen LogP contribution is -2.31. The highest BCUT2D eigenvalue weighted by Gasteiger charge is 2.24. The molecule has 0 saturated carbocycles. The van der Waals surface area contributed by atoms with Crippen LogP contribution in [-0.4, -0.2) is 25.1 Å². The molecule has 9 heteroatoms. The van der Waals surface area contributed by atoms with Gasteiger partial charge in [0.1, 0.15) is 5.76 Å². The third kappa shape index (κ3) is 5.03. The molecule has 0 N–H and O–H groups in total. The Hall–Kier alpha value is -2.68. The summed E-state index contributed by atoms with van der Waals surface area (Å²) in [4.78, 5) is 19.4. The van der Waals surface area contributed by atoms with E-state index >= 15 is 0 Å². The molecule has 4 rings (SSSR count). The minimum atomic E-state index is -3.63. The highest BCUT2D eigenvalue weighted by Crippen LogP contribution is 2.31. The van der Waals surface area contributed by atoms with Crippen LogP contribution in [0, 0.1) is 0 Å². The number of halogens is 1. The molecule has 0 aliphatic rings. The Morgan fingerprint density at radius 1 is 1.16 bits per heavy atom. The first-order valence-corrected chi connectivity index (χ1v) is 12.9. The smallest absolute Gasteiger partial charge is 0.230 e. The van der Waals surface area contributed by atoms with Crippen LogP contribution in [0.15, 0.2) is 70.2 Å². The maximum atomic E-state index is 13.2. The van der Waals surface area contributed by atoms with E-state index in [2.05, 4.69) is 18.0 Å². The number of benzene rings is 2. The van der Waals surface area contributed by atoms with Crippen molar-refractivity contribution in [2.24, 2.45) is 0 Å². The van der Waals surface area contributed by atoms with Gasteiger partial charge in [-0.3, -0.25) is 9.69 Å². The average molecular weight is 489 g/mol. The summed E-state index contributed by atoms with van der Waals surface area (Å²) in [6.45, 7) is 2.25. The molecule has 6 nitrogen and oxygen atoms in total. The van der Waals surface area contributed by atoms with Crippen LogP contribution in [0.4, 0.5) is 5.13 Å². The Morgan fingerprint density at radius 2 is 1.94 bits per heavy atom. The van der Waals surface area contributed by atoms with Crippen molar-refractivity contribution in [1.82, 2.24) is 4.98 Å². The van der Waals surface area contributed by atoms with Gasteiger partial charge in [0, 0.05) is 11.4 Å². The van der Waals surface area contributed by atoms with Gasteiger partial charge in [-0.2, -0.15) is 0 Å². The molecule has 0 spiro atoms. The molecule has 2 aromatic heterocycles. The second-order valence-electron chi connectivity index (χ2n) is 7.23. The summed E-state index contributed by atoms with van der Waals surface area (Å²) in [5, 5.41) is 0.963. The van der Waals surface area contributed by atoms with Crippen molar-refractivity contribution in [2.75, 3.05) is 10.7 Å². The van der Waals surface area contributed by atoms with Crippen molar-refractivity contribution < 1.29 is 17.6 Å². The third-order valence-electron chi connectivity index (χ3n) is 5.03. The van der Waals surface area contributed by atoms with Gasteiger partial charge < -0.3 is 4.42 Å². The van der Waals surface area contributed by atoms with Crippen LogP contribution in [0.5, 0.6) is 0 Å². The van der Waals surface area contributed by atoms with Gasteiger partial charge in [0.15, 0.2) is 15.0 Å². The summed E-state index contributed by atoms with van der Waals surface area (Å²) >= 11 is 7.25. The Balaban J connectivity index is 1.58. The molecule has 32 heavy (non-hydrogen) atoms. The molecule has 0 aliphatic heterocycles. The second-order valence-corrected chi connectivity index (χ2v) is 10.8. The molecule has 1 amide bonds. The zero-order chi connectivity index (χ0) is 22.7. The number of carbonyl (C=O) groups is 1. The van der Waals surface area contributed by atoms with E-state index in [-0.39, 0.29) is 29.5 Å². The SMILES string of the molecule is CCc1ccc2nc(N(Cc3ccco3)C(=O)CCS(=O)(=O)c3ccc(Cl)cc3)sc2c1. The summed E-state index contributed by atoms with van der Waals surface area (Å²) in [7, 11) is -3.63. The number of furan rings is 1. The zero-order valence-corrected chi connectivity index (χ0v) is 19.7. The number of aromatic nitrogens is 1. The molecule has 0 saturated heterocycles. The van der Waals surface area contributed by atoms with Gasteiger partial charge in [-0.1, -0.05) is 35.9 Å². The van der Waals surface area contributed by atoms with Crippen LogP contribution < -0.4 is 4.90 Å². The number of carbonyl (C=O) groups excluding carboxylic acids is 1. The Morgan fingerprint density at radius 3 is 2.62 bits per heavy atom. The van der Waals surface area contributed by atoms with Crippen molar-refractivity contribution in [3.8, 4) is 0 Å². The van der Waals surface area contributed by atoms with Crippen LogP contribution >= 0.6 is 22.9 Å². The first-order valence-electron chi connectivity index (χ1n) is 10.1. The van der Waals surface area contributed by atoms with Gasteiger partial charge in [0.05, 0.1) is 33.7 Å². The average Bonchev–Trinajstić information content (AvgIpc) is 3.45. The van der Waals surface area contributed by atoms with Crippen LogP contribution in [0.25, 0.3) is 10.2 Å². The van der Waals surface area contributed by atoms with Gasteiger partial charge in [-0.25, -0.2) is 13.4 Å². The van der Waals surface area contributed by atoms with Crippen LogP contribution in [-0.2, 0) is 27.6 Å². The first-order chi connectivity index (χ1) is 15.4. The Labute approximate surface area is 195 Å². The van der Waals surface area contributed by atoms with Crippen LogP contribution in [0.2, 0.25) is 5.02 Å². The zero-order valence-electron chi connectivity index (χ0n) is 17.3. The largest absolute Gasteiger partial charge is 0.467 e. The minimum Gasteiger partial charge on any atom is -0.467 e. The highest BCUT2D eigenvalue weighted by molar-refractivity contribution is 7.91. The predicted octanol–water partition coefficient (Wildman–Crippen LogP) is 5.50. The van der Waals surface area contributed by atoms with Crippen molar-refractivity contribution in [3.63, 3.8) is 0 Å². The number of sulfone groups is 1. The fourth-order valence-corrected chi connectivity index (χ4v) is 5.63. The summed E-state index contributed by atoms with van der Waals surface area (Å²) in [6, 6.07) is 15.5. The van der Waals surface area contributed by atoms with Gasteiger partial charge >= 0.3 is 0 Å². The van der Waals surface area contributed by atoms with Gasteiger partial charge in [0.2, 0.25) is 5.91 Å². The molecule has 166 valence electrons. The van der Waals surface area contributed by atoms with Gasteiger partial charge in [-0.05, 0) is 60.5 Å². The number of rotatable bonds is 8. The van der Waals surface area contributed by atoms with E-state index in [4.69, 9.17) is 16.0 Å². The molecule has 0 atom stereocenters. The van der Waals surface area contributed by atoms with Crippen LogP contribution in [0.3, 0.4) is 0 Å². The topological polar surface area (TPSA) is 80.5 Å². The minimum absolute atomic E-state index is 0.138. The summed E-state index contributed by atoms with van der Waals surface area (Å²) < 4.78 is 31.8. The maximum absolute atomic E-state index is 13.2. The number of amides is 1. The summed E-state index contributed by atoms with van der Waals surface area (Å²) in [6.07, 6.45) is 2.26. The van der Waals surface area contributed by atoms with E-state index in [1.807, 2.05) is 12.1 Å². The van der Waals surface area contributed by atoms with Crippen LogP contribution in [0.1, 0.15) is 24.7 Å². The second kappa shape index (κ2) is 9.44. The highest BCUT2D eigenvalue weighted by atomic mass is 35.5. The molecular weight excluding hydrogens is 468 g/mol.